The zero-order chi connectivity index (χ0) is 55.4. The monoisotopic (exact) mass is 1090 g/mol. The van der Waals surface area contributed by atoms with Crippen LogP contribution in [-0.2, 0) is 60.8 Å². The Labute approximate surface area is 475 Å². The molecule has 2 aromatic heterocycles. The van der Waals surface area contributed by atoms with Crippen LogP contribution in [0.25, 0.3) is 56.4 Å². The summed E-state index contributed by atoms with van der Waals surface area (Å²) in [6, 6.07) is 51.1. The summed E-state index contributed by atoms with van der Waals surface area (Å²) >= 11 is 0. The van der Waals surface area contributed by atoms with Crippen LogP contribution in [0.15, 0.2) is 146 Å². The number of benzene rings is 6. The fourth-order valence-corrected chi connectivity index (χ4v) is 12.1. The Hall–Kier alpha value is -7.34. The van der Waals surface area contributed by atoms with E-state index in [0.717, 1.165) is 104 Å². The van der Waals surface area contributed by atoms with E-state index in [0.29, 0.717) is 39.5 Å². The number of fused-ring (bicyclic) bond motifs is 14. The molecule has 15 heteroatoms. The Morgan fingerprint density at radius 3 is 1.32 bits per heavy atom. The number of hydrogen-bond donors (Lipinski definition) is 2. The zero-order valence-electron chi connectivity index (χ0n) is 47.3. The zero-order valence-corrected chi connectivity index (χ0v) is 47.3. The summed E-state index contributed by atoms with van der Waals surface area (Å²) in [4.78, 5) is 0. The minimum atomic E-state index is -0.413. The van der Waals surface area contributed by atoms with Gasteiger partial charge < -0.3 is 33.8 Å². The van der Waals surface area contributed by atoms with Crippen molar-refractivity contribution in [2.75, 3.05) is 39.6 Å². The highest BCUT2D eigenvalue weighted by atomic mass is 16.6. The number of hydrazine groups is 2. The van der Waals surface area contributed by atoms with Crippen molar-refractivity contribution in [3.05, 3.63) is 190 Å². The van der Waals surface area contributed by atoms with Gasteiger partial charge in [-0.15, -0.1) is 15.7 Å². The first-order chi connectivity index (χ1) is 39.7. The lowest BCUT2D eigenvalue weighted by Gasteiger charge is -2.29. The molecule has 0 bridgehead atoms. The molecule has 418 valence electrons. The van der Waals surface area contributed by atoms with Gasteiger partial charge in [0.05, 0.1) is 112 Å². The molecular weight excluding hydrogens is 1010 g/mol. The predicted molar refractivity (Wildman–Crippen MR) is 314 cm³/mol. The summed E-state index contributed by atoms with van der Waals surface area (Å²) in [6.45, 7) is 15.7. The lowest BCUT2D eigenvalue weighted by Crippen LogP contribution is -2.40. The van der Waals surface area contributed by atoms with Crippen LogP contribution in [0.1, 0.15) is 104 Å². The van der Waals surface area contributed by atoms with Crippen molar-refractivity contribution in [1.82, 2.24) is 46.0 Å². The van der Waals surface area contributed by atoms with Crippen molar-refractivity contribution >= 4 is 11.4 Å². The lowest BCUT2D eigenvalue weighted by atomic mass is 9.87. The molecule has 15 nitrogen and oxygen atoms in total. The Balaban J connectivity index is 0.791. The van der Waals surface area contributed by atoms with Gasteiger partial charge in [-0.25, -0.2) is 9.36 Å². The molecule has 0 saturated heterocycles. The van der Waals surface area contributed by atoms with Crippen LogP contribution in [0, 0.1) is 0 Å². The smallest absolute Gasteiger partial charge is 0.121 e. The van der Waals surface area contributed by atoms with E-state index in [1.54, 1.807) is 0 Å². The molecule has 8 aromatic rings. The lowest BCUT2D eigenvalue weighted by molar-refractivity contribution is -0.0654. The average Bonchev–Trinajstić information content (AvgIpc) is 4.29. The van der Waals surface area contributed by atoms with Gasteiger partial charge in [-0.3, -0.25) is 5.01 Å². The molecule has 0 spiro atoms. The Morgan fingerprint density at radius 1 is 0.457 bits per heavy atom. The van der Waals surface area contributed by atoms with Gasteiger partial charge in [-0.1, -0.05) is 156 Å². The molecule has 0 fully saturated rings. The van der Waals surface area contributed by atoms with E-state index in [1.807, 2.05) is 9.36 Å². The number of rotatable bonds is 20. The minimum absolute atomic E-state index is 0.0482. The molecule has 4 aliphatic rings. The Morgan fingerprint density at radius 2 is 0.852 bits per heavy atom. The standard InChI is InChI=1S/C66H73N9O6/c1-42(2)79-58-39-47-21-9-12-24-51(47)64-63(55-28-16-13-25-52(55)58)69-72-75(64)33-36-78-48(40-76-34-31-73-65-56-29-17-14-26-53(56)59(80-43(3)4)37-45-19-7-10-22-49(45)61(65)67-70-73)41-77-35-32-74-66-57-30-18-15-27-54(57)60(81-44(5)6)38-46-20-8-11-23-50(46)62(66)68-71-74/h7-30,42-44,48,58-60,69,72H,31-41H2,1-6H3. The summed E-state index contributed by atoms with van der Waals surface area (Å²) in [5.41, 5.74) is 26.2. The molecular formula is C66H73N9O6. The molecule has 0 saturated carbocycles. The van der Waals surface area contributed by atoms with Crippen LogP contribution in [-0.4, -0.2) is 99.0 Å². The normalized spacial score (nSPS) is 17.4. The maximum Gasteiger partial charge on any atom is 0.121 e. The second-order valence-electron chi connectivity index (χ2n) is 22.1. The number of nitrogens with zero attached hydrogens (tertiary/aromatic N) is 7. The summed E-state index contributed by atoms with van der Waals surface area (Å²) in [5.74, 6) is 0. The molecule has 3 unspecified atom stereocenters. The maximum absolute atomic E-state index is 6.83. The molecule has 1 aliphatic heterocycles. The third-order valence-electron chi connectivity index (χ3n) is 15.5. The highest BCUT2D eigenvalue weighted by Gasteiger charge is 2.34. The maximum atomic E-state index is 6.83. The largest absolute Gasteiger partial charge is 0.377 e. The predicted octanol–water partition coefficient (Wildman–Crippen LogP) is 11.6. The van der Waals surface area contributed by atoms with Crippen LogP contribution in [0.3, 0.4) is 0 Å². The highest BCUT2D eigenvalue weighted by molar-refractivity contribution is 5.92. The van der Waals surface area contributed by atoms with E-state index in [2.05, 4.69) is 203 Å². The van der Waals surface area contributed by atoms with E-state index in [9.17, 15) is 0 Å². The molecule has 3 atom stereocenters. The topological polar surface area (TPSA) is 144 Å². The number of hydrogen-bond acceptors (Lipinski definition) is 13. The molecule has 12 rings (SSSR count). The minimum Gasteiger partial charge on any atom is -0.377 e. The van der Waals surface area contributed by atoms with Gasteiger partial charge in [0.25, 0.3) is 0 Å². The molecule has 0 amide bonds. The molecule has 2 N–H and O–H groups in total. The van der Waals surface area contributed by atoms with Gasteiger partial charge in [0.1, 0.15) is 17.5 Å². The number of nitrogens with one attached hydrogen (secondary N) is 2. The fourth-order valence-electron chi connectivity index (χ4n) is 12.1. The number of aromatic nitrogens is 6. The second kappa shape index (κ2) is 24.4. The SMILES string of the molecule is CC(C)OC1Cc2ccccc2C2=C(NNN2CCOC(COCCn2nnc3c2-c2ccccc2C(OC(C)C)Cc2ccccc2-3)COCCn2nnc3c2-c2ccccc2C(OC(C)C)Cc2ccccc2-3)c2ccccc21. The third-order valence-corrected chi connectivity index (χ3v) is 15.5. The van der Waals surface area contributed by atoms with Crippen LogP contribution in [0.5, 0.6) is 0 Å². The molecule has 0 radical (unpaired) electrons. The second-order valence-corrected chi connectivity index (χ2v) is 22.1. The van der Waals surface area contributed by atoms with Gasteiger partial charge in [-0.2, -0.15) is 0 Å². The van der Waals surface area contributed by atoms with Crippen molar-refractivity contribution in [3.63, 3.8) is 0 Å². The first-order valence-electron chi connectivity index (χ1n) is 28.8. The third kappa shape index (κ3) is 11.5. The van der Waals surface area contributed by atoms with E-state index < -0.39 is 6.10 Å². The van der Waals surface area contributed by atoms with Crippen molar-refractivity contribution in [2.24, 2.45) is 0 Å². The van der Waals surface area contributed by atoms with E-state index in [1.165, 1.54) is 16.7 Å². The van der Waals surface area contributed by atoms with Crippen molar-refractivity contribution in [2.45, 2.75) is 117 Å². The Bertz CT molecular complexity index is 3360. The number of ether oxygens (including phenoxy) is 6. The van der Waals surface area contributed by atoms with Gasteiger partial charge in [0.2, 0.25) is 0 Å². The van der Waals surface area contributed by atoms with Crippen LogP contribution in [0.4, 0.5) is 0 Å². The van der Waals surface area contributed by atoms with Crippen molar-refractivity contribution in [3.8, 4) is 45.0 Å². The summed E-state index contributed by atoms with van der Waals surface area (Å²) < 4.78 is 43.8. The van der Waals surface area contributed by atoms with Crippen LogP contribution >= 0.6 is 0 Å². The molecule has 3 aliphatic carbocycles. The van der Waals surface area contributed by atoms with E-state index in [4.69, 9.17) is 49.0 Å². The average molecular weight is 1090 g/mol. The van der Waals surface area contributed by atoms with Gasteiger partial charge in [0.15, 0.2) is 0 Å². The van der Waals surface area contributed by atoms with Crippen molar-refractivity contribution < 1.29 is 28.4 Å². The summed E-state index contributed by atoms with van der Waals surface area (Å²) in [7, 11) is 0. The van der Waals surface area contributed by atoms with Gasteiger partial charge in [-0.05, 0) is 74.9 Å². The van der Waals surface area contributed by atoms with E-state index >= 15 is 0 Å². The molecule has 81 heavy (non-hydrogen) atoms. The first kappa shape index (κ1) is 54.3. The van der Waals surface area contributed by atoms with Gasteiger partial charge >= 0.3 is 0 Å². The fraction of sp³-hybridized carbons (Fsp3) is 0.364. The van der Waals surface area contributed by atoms with E-state index in [-0.39, 0.29) is 49.8 Å². The molecule has 3 heterocycles. The highest BCUT2D eigenvalue weighted by Crippen LogP contribution is 2.45. The van der Waals surface area contributed by atoms with Crippen molar-refractivity contribution in [1.29, 1.82) is 0 Å². The first-order valence-corrected chi connectivity index (χ1v) is 28.8. The summed E-state index contributed by atoms with van der Waals surface area (Å²) in [5, 5.41) is 21.4. The molecule has 6 aromatic carbocycles. The van der Waals surface area contributed by atoms with Gasteiger partial charge in [0, 0.05) is 52.6 Å². The Kier molecular flexibility index (Phi) is 16.3. The van der Waals surface area contributed by atoms with Crippen LogP contribution < -0.4 is 11.0 Å². The van der Waals surface area contributed by atoms with Crippen LogP contribution in [0.2, 0.25) is 0 Å². The quantitative estimate of drug-likeness (QED) is 0.0699. The summed E-state index contributed by atoms with van der Waals surface area (Å²) in [6.07, 6.45) is 1.61.